The molecule has 3 aromatic rings. The minimum atomic E-state index is -0.362. The number of nitrogens with two attached hydrogens (primary N) is 1. The Morgan fingerprint density at radius 3 is 3.04 bits per heavy atom. The van der Waals surface area contributed by atoms with Crippen LogP contribution in [0, 0.1) is 11.3 Å². The van der Waals surface area contributed by atoms with Crippen LogP contribution in [0.2, 0.25) is 0 Å². The Morgan fingerprint density at radius 1 is 1.42 bits per heavy atom. The predicted molar refractivity (Wildman–Crippen MR) is 86.9 cm³/mol. The number of nitrogens with one attached hydrogen (secondary N) is 2. The maximum atomic E-state index is 9.65. The molecule has 0 amide bonds. The second kappa shape index (κ2) is 5.44. The summed E-state index contributed by atoms with van der Waals surface area (Å²) in [4.78, 5) is 3.24. The molecule has 0 radical (unpaired) electrons. The van der Waals surface area contributed by atoms with Crippen LogP contribution in [-0.2, 0) is 11.3 Å². The van der Waals surface area contributed by atoms with Crippen LogP contribution in [0.5, 0.6) is 5.88 Å². The molecule has 0 spiro atoms. The lowest BCUT2D eigenvalue weighted by Crippen LogP contribution is -2.21. The van der Waals surface area contributed by atoms with Crippen molar-refractivity contribution in [2.45, 2.75) is 12.5 Å². The molecule has 0 saturated heterocycles. The molecule has 0 saturated carbocycles. The lowest BCUT2D eigenvalue weighted by molar-refractivity contribution is 0.180. The average molecular weight is 321 g/mol. The van der Waals surface area contributed by atoms with E-state index < -0.39 is 0 Å². The summed E-state index contributed by atoms with van der Waals surface area (Å²) in [6.45, 7) is 0.336. The number of nitrogens with zero attached hydrogens (tertiary/aromatic N) is 2. The molecule has 1 atom stereocenters. The van der Waals surface area contributed by atoms with Gasteiger partial charge in [0.1, 0.15) is 11.6 Å². The Balaban J connectivity index is 1.98. The summed E-state index contributed by atoms with van der Waals surface area (Å²) in [6.07, 6.45) is 1.90. The number of benzene rings is 1. The van der Waals surface area contributed by atoms with Gasteiger partial charge >= 0.3 is 0 Å². The summed E-state index contributed by atoms with van der Waals surface area (Å²) in [6, 6.07) is 10.1. The highest BCUT2D eigenvalue weighted by molar-refractivity contribution is 5.85. The molecule has 0 bridgehead atoms. The summed E-state index contributed by atoms with van der Waals surface area (Å²) in [7, 11) is 1.60. The van der Waals surface area contributed by atoms with Gasteiger partial charge in [-0.25, -0.2) is 0 Å². The first kappa shape index (κ1) is 14.4. The second-order valence-corrected chi connectivity index (χ2v) is 5.57. The molecule has 0 fully saturated rings. The zero-order valence-corrected chi connectivity index (χ0v) is 13.0. The van der Waals surface area contributed by atoms with Crippen LogP contribution in [0.15, 0.2) is 41.9 Å². The first-order valence-electron chi connectivity index (χ1n) is 7.44. The van der Waals surface area contributed by atoms with Crippen LogP contribution in [-0.4, -0.2) is 22.3 Å². The number of aromatic nitrogens is 3. The number of nitriles is 1. The third-order valence-corrected chi connectivity index (χ3v) is 4.24. The normalized spacial score (nSPS) is 16.8. The molecule has 0 aliphatic carbocycles. The number of allylic oxidation sites excluding steroid dienone is 1. The van der Waals surface area contributed by atoms with Crippen molar-refractivity contribution >= 4 is 10.9 Å². The smallest absolute Gasteiger partial charge is 0.244 e. The van der Waals surface area contributed by atoms with Crippen molar-refractivity contribution in [2.24, 2.45) is 5.73 Å². The Bertz CT molecular complexity index is 992. The summed E-state index contributed by atoms with van der Waals surface area (Å²) >= 11 is 0. The summed E-state index contributed by atoms with van der Waals surface area (Å²) in [5, 5.41) is 17.8. The number of hydrogen-bond acceptors (Lipinski definition) is 5. The molecule has 7 heteroatoms. The van der Waals surface area contributed by atoms with E-state index in [4.69, 9.17) is 15.2 Å². The zero-order valence-electron chi connectivity index (χ0n) is 13.0. The van der Waals surface area contributed by atoms with Gasteiger partial charge in [-0.05, 0) is 11.6 Å². The Hall–Kier alpha value is -3.24. The number of methoxy groups -OCH3 is 1. The number of fused-ring (bicyclic) bond motifs is 2. The third-order valence-electron chi connectivity index (χ3n) is 4.24. The molecule has 1 aliphatic heterocycles. The van der Waals surface area contributed by atoms with Crippen molar-refractivity contribution < 1.29 is 9.47 Å². The van der Waals surface area contributed by atoms with Gasteiger partial charge in [-0.3, -0.25) is 5.10 Å². The van der Waals surface area contributed by atoms with Crippen molar-refractivity contribution in [3.63, 3.8) is 0 Å². The van der Waals surface area contributed by atoms with E-state index in [2.05, 4.69) is 21.3 Å². The van der Waals surface area contributed by atoms with Gasteiger partial charge in [-0.1, -0.05) is 18.2 Å². The Labute approximate surface area is 137 Å². The van der Waals surface area contributed by atoms with E-state index in [-0.39, 0.29) is 11.8 Å². The molecule has 1 unspecified atom stereocenters. The maximum Gasteiger partial charge on any atom is 0.244 e. The highest BCUT2D eigenvalue weighted by Crippen LogP contribution is 2.44. The number of rotatable bonds is 3. The molecule has 120 valence electrons. The number of para-hydroxylation sites is 1. The lowest BCUT2D eigenvalue weighted by atomic mass is 9.84. The van der Waals surface area contributed by atoms with E-state index in [1.807, 2.05) is 30.5 Å². The van der Waals surface area contributed by atoms with E-state index in [9.17, 15) is 5.26 Å². The fourth-order valence-corrected chi connectivity index (χ4v) is 3.21. The molecular formula is C17H15N5O2. The highest BCUT2D eigenvalue weighted by atomic mass is 16.5. The topological polar surface area (TPSA) is 113 Å². The zero-order chi connectivity index (χ0) is 16.7. The van der Waals surface area contributed by atoms with Crippen molar-refractivity contribution in [3.05, 3.63) is 58.7 Å². The molecule has 2 aromatic heterocycles. The van der Waals surface area contributed by atoms with E-state index >= 15 is 0 Å². The molecule has 4 rings (SSSR count). The predicted octanol–water partition coefficient (Wildman–Crippen LogP) is 2.26. The Morgan fingerprint density at radius 2 is 2.25 bits per heavy atom. The summed E-state index contributed by atoms with van der Waals surface area (Å²) < 4.78 is 10.8. The van der Waals surface area contributed by atoms with Crippen LogP contribution < -0.4 is 10.5 Å². The quantitative estimate of drug-likeness (QED) is 0.685. The average Bonchev–Trinajstić information content (AvgIpc) is 3.18. The van der Waals surface area contributed by atoms with Crippen molar-refractivity contribution in [3.8, 4) is 11.9 Å². The monoisotopic (exact) mass is 321 g/mol. The lowest BCUT2D eigenvalue weighted by Gasteiger charge is -2.23. The fraction of sp³-hybridized carbons (Fsp3) is 0.176. The summed E-state index contributed by atoms with van der Waals surface area (Å²) in [5.74, 6) is 0.100. The van der Waals surface area contributed by atoms with E-state index in [1.54, 1.807) is 7.11 Å². The fourth-order valence-electron chi connectivity index (χ4n) is 3.21. The largest absolute Gasteiger partial charge is 0.420 e. The van der Waals surface area contributed by atoms with Gasteiger partial charge in [0.05, 0.1) is 23.8 Å². The van der Waals surface area contributed by atoms with Gasteiger partial charge in [0.25, 0.3) is 0 Å². The van der Waals surface area contributed by atoms with Gasteiger partial charge in [-0.2, -0.15) is 5.26 Å². The van der Waals surface area contributed by atoms with E-state index in [0.29, 0.717) is 18.1 Å². The first-order chi connectivity index (χ1) is 11.7. The van der Waals surface area contributed by atoms with Crippen LogP contribution in [0.3, 0.4) is 0 Å². The molecule has 7 nitrogen and oxygen atoms in total. The van der Waals surface area contributed by atoms with Gasteiger partial charge < -0.3 is 20.2 Å². The first-order valence-corrected chi connectivity index (χ1v) is 7.44. The van der Waals surface area contributed by atoms with Gasteiger partial charge in [0.15, 0.2) is 0 Å². The minimum absolute atomic E-state index is 0.0794. The number of aromatic amines is 2. The van der Waals surface area contributed by atoms with E-state index in [0.717, 1.165) is 27.7 Å². The molecular weight excluding hydrogens is 306 g/mol. The highest BCUT2D eigenvalue weighted by Gasteiger charge is 2.36. The summed E-state index contributed by atoms with van der Waals surface area (Å²) in [5.41, 5.74) is 9.83. The number of H-pyrrole nitrogens is 2. The molecule has 4 N–H and O–H groups in total. The van der Waals surface area contributed by atoms with Gasteiger partial charge in [-0.15, -0.1) is 5.10 Å². The molecule has 24 heavy (non-hydrogen) atoms. The van der Waals surface area contributed by atoms with Crippen LogP contribution in [0.1, 0.15) is 22.7 Å². The minimum Gasteiger partial charge on any atom is -0.420 e. The molecule has 1 aliphatic rings. The third kappa shape index (κ3) is 1.97. The Kier molecular flexibility index (Phi) is 3.25. The van der Waals surface area contributed by atoms with Crippen LogP contribution >= 0.6 is 0 Å². The maximum absolute atomic E-state index is 9.65. The van der Waals surface area contributed by atoms with Gasteiger partial charge in [0, 0.05) is 24.2 Å². The molecule has 1 aromatic carbocycles. The van der Waals surface area contributed by atoms with E-state index in [1.165, 1.54) is 0 Å². The van der Waals surface area contributed by atoms with Gasteiger partial charge in [0.2, 0.25) is 11.8 Å². The SMILES string of the molecule is COCc1[nH]nc2c1C(c1c[nH]c3ccccc13)C(C#N)=C(N)O2. The van der Waals surface area contributed by atoms with Crippen molar-refractivity contribution in [1.82, 2.24) is 15.2 Å². The number of ether oxygens (including phenoxy) is 2. The van der Waals surface area contributed by atoms with Crippen molar-refractivity contribution in [1.29, 1.82) is 5.26 Å². The van der Waals surface area contributed by atoms with Crippen LogP contribution in [0.4, 0.5) is 0 Å². The van der Waals surface area contributed by atoms with Crippen molar-refractivity contribution in [2.75, 3.05) is 7.11 Å². The standard InChI is InChI=1S/C17H15N5O2/c1-23-8-13-15-14(10(6-18)16(19)24-17(15)22-21-13)11-7-20-12-5-3-2-4-9(11)12/h2-5,7,14,20H,8,19H2,1H3,(H,21,22). The molecule has 3 heterocycles. The second-order valence-electron chi connectivity index (χ2n) is 5.57. The number of hydrogen-bond donors (Lipinski definition) is 3. The van der Waals surface area contributed by atoms with Crippen LogP contribution in [0.25, 0.3) is 10.9 Å².